The zero-order valence-electron chi connectivity index (χ0n) is 15.8. The lowest BCUT2D eigenvalue weighted by atomic mass is 9.94. The fourth-order valence-corrected chi connectivity index (χ4v) is 4.18. The van der Waals surface area contributed by atoms with Crippen molar-refractivity contribution in [3.63, 3.8) is 0 Å². The molecule has 2 aromatic carbocycles. The average molecular weight is 389 g/mol. The summed E-state index contributed by atoms with van der Waals surface area (Å²) in [5.74, 6) is 0.0978. The molecular weight excluding hydrogens is 369 g/mol. The molecule has 0 aliphatic carbocycles. The van der Waals surface area contributed by atoms with Crippen molar-refractivity contribution >= 4 is 28.3 Å². The van der Waals surface area contributed by atoms with E-state index in [0.717, 1.165) is 30.3 Å². The smallest absolute Gasteiger partial charge is 0.254 e. The third-order valence-corrected chi connectivity index (χ3v) is 5.64. The van der Waals surface area contributed by atoms with E-state index in [9.17, 15) is 9.18 Å². The van der Waals surface area contributed by atoms with Crippen molar-refractivity contribution in [3.05, 3.63) is 71.9 Å². The summed E-state index contributed by atoms with van der Waals surface area (Å²) >= 11 is 0. The van der Waals surface area contributed by atoms with Crippen LogP contribution in [0.3, 0.4) is 0 Å². The molecule has 0 spiro atoms. The summed E-state index contributed by atoms with van der Waals surface area (Å²) in [5, 5.41) is 0. The second-order valence-electron chi connectivity index (χ2n) is 7.41. The summed E-state index contributed by atoms with van der Waals surface area (Å²) in [4.78, 5) is 23.9. The molecule has 2 N–H and O–H groups in total. The van der Waals surface area contributed by atoms with Crippen molar-refractivity contribution < 1.29 is 9.18 Å². The van der Waals surface area contributed by atoms with Crippen LogP contribution in [0.1, 0.15) is 41.2 Å². The Labute approximate surface area is 166 Å². The molecule has 1 atom stereocenters. The Hall–Kier alpha value is -3.48. The molecule has 5 rings (SSSR count). The number of benzene rings is 2. The van der Waals surface area contributed by atoms with Gasteiger partial charge in [0.2, 0.25) is 0 Å². The van der Waals surface area contributed by atoms with Crippen molar-refractivity contribution in [1.82, 2.24) is 19.3 Å². The SMILES string of the molecule is Nc1nc2ccc(C(=O)N3CCCC[C@@H]3c3ccc(F)cc3)cc2n2cncc12. The van der Waals surface area contributed by atoms with Gasteiger partial charge < -0.3 is 10.6 Å². The number of piperidine rings is 1. The van der Waals surface area contributed by atoms with Gasteiger partial charge >= 0.3 is 0 Å². The molecule has 1 fully saturated rings. The summed E-state index contributed by atoms with van der Waals surface area (Å²) in [6.45, 7) is 0.680. The summed E-state index contributed by atoms with van der Waals surface area (Å²) in [6.07, 6.45) is 6.20. The number of aromatic nitrogens is 3. The van der Waals surface area contributed by atoms with Crippen molar-refractivity contribution in [2.45, 2.75) is 25.3 Å². The molecule has 29 heavy (non-hydrogen) atoms. The molecule has 1 aliphatic heterocycles. The molecule has 1 aliphatic rings. The van der Waals surface area contributed by atoms with Gasteiger partial charge in [0, 0.05) is 12.1 Å². The highest BCUT2D eigenvalue weighted by Crippen LogP contribution is 2.32. The van der Waals surface area contributed by atoms with Gasteiger partial charge in [-0.05, 0) is 55.2 Å². The summed E-state index contributed by atoms with van der Waals surface area (Å²) < 4.78 is 15.2. The van der Waals surface area contributed by atoms with Gasteiger partial charge in [-0.15, -0.1) is 0 Å². The van der Waals surface area contributed by atoms with Gasteiger partial charge in [-0.25, -0.2) is 14.4 Å². The van der Waals surface area contributed by atoms with E-state index in [1.54, 1.807) is 30.7 Å². The molecule has 1 amide bonds. The summed E-state index contributed by atoms with van der Waals surface area (Å²) in [6, 6.07) is 11.8. The quantitative estimate of drug-likeness (QED) is 0.563. The van der Waals surface area contributed by atoms with Crippen LogP contribution >= 0.6 is 0 Å². The number of hydrogen-bond acceptors (Lipinski definition) is 4. The number of hydrogen-bond donors (Lipinski definition) is 1. The van der Waals surface area contributed by atoms with Crippen LogP contribution in [0.4, 0.5) is 10.2 Å². The highest BCUT2D eigenvalue weighted by atomic mass is 19.1. The zero-order valence-corrected chi connectivity index (χ0v) is 15.8. The number of carbonyl (C=O) groups excluding carboxylic acids is 1. The number of nitrogens with zero attached hydrogens (tertiary/aromatic N) is 4. The molecule has 146 valence electrons. The van der Waals surface area contributed by atoms with Gasteiger partial charge in [-0.3, -0.25) is 9.20 Å². The van der Waals surface area contributed by atoms with Gasteiger partial charge in [0.05, 0.1) is 29.6 Å². The number of likely N-dealkylation sites (tertiary alicyclic amines) is 1. The van der Waals surface area contributed by atoms with Crippen LogP contribution in [0.5, 0.6) is 0 Å². The molecule has 0 radical (unpaired) electrons. The minimum atomic E-state index is -0.270. The zero-order chi connectivity index (χ0) is 20.0. The first-order chi connectivity index (χ1) is 14.1. The fraction of sp³-hybridized carbons (Fsp3) is 0.227. The van der Waals surface area contributed by atoms with Crippen LogP contribution in [0.2, 0.25) is 0 Å². The van der Waals surface area contributed by atoms with Crippen molar-refractivity contribution in [1.29, 1.82) is 0 Å². The number of fused-ring (bicyclic) bond motifs is 3. The van der Waals surface area contributed by atoms with Crippen molar-refractivity contribution in [2.75, 3.05) is 12.3 Å². The van der Waals surface area contributed by atoms with E-state index < -0.39 is 0 Å². The molecular formula is C22H20FN5O. The number of imidazole rings is 1. The Morgan fingerprint density at radius 3 is 2.76 bits per heavy atom. The van der Waals surface area contributed by atoms with E-state index in [2.05, 4.69) is 9.97 Å². The first-order valence-corrected chi connectivity index (χ1v) is 9.69. The normalized spacial score (nSPS) is 17.1. The van der Waals surface area contributed by atoms with Crippen LogP contribution in [0, 0.1) is 5.82 Å². The third-order valence-electron chi connectivity index (χ3n) is 5.64. The van der Waals surface area contributed by atoms with Crippen LogP contribution in [-0.2, 0) is 0 Å². The van der Waals surface area contributed by atoms with E-state index in [4.69, 9.17) is 5.73 Å². The maximum atomic E-state index is 13.4. The van der Waals surface area contributed by atoms with Crippen LogP contribution in [0.15, 0.2) is 55.0 Å². The lowest BCUT2D eigenvalue weighted by molar-refractivity contribution is 0.0611. The second-order valence-corrected chi connectivity index (χ2v) is 7.41. The Morgan fingerprint density at radius 2 is 1.93 bits per heavy atom. The highest BCUT2D eigenvalue weighted by Gasteiger charge is 2.29. The van der Waals surface area contributed by atoms with Crippen molar-refractivity contribution in [3.8, 4) is 0 Å². The first kappa shape index (κ1) is 17.6. The molecule has 0 bridgehead atoms. The van der Waals surface area contributed by atoms with E-state index >= 15 is 0 Å². The number of nitrogens with two attached hydrogens (primary N) is 1. The van der Waals surface area contributed by atoms with E-state index in [0.29, 0.717) is 29.0 Å². The summed E-state index contributed by atoms with van der Waals surface area (Å²) in [5.41, 5.74) is 9.76. The topological polar surface area (TPSA) is 76.5 Å². The van der Waals surface area contributed by atoms with E-state index in [-0.39, 0.29) is 17.8 Å². The molecule has 2 aromatic heterocycles. The predicted octanol–water partition coefficient (Wildman–Crippen LogP) is 3.97. The van der Waals surface area contributed by atoms with Gasteiger partial charge in [0.1, 0.15) is 17.2 Å². The number of nitrogen functional groups attached to an aromatic ring is 1. The minimum absolute atomic E-state index is 0.0361. The van der Waals surface area contributed by atoms with Gasteiger partial charge in [-0.1, -0.05) is 12.1 Å². The average Bonchev–Trinajstić information content (AvgIpc) is 3.25. The molecule has 7 heteroatoms. The Balaban J connectivity index is 1.55. The standard InChI is InChI=1S/C22H20FN5O/c23-16-7-4-14(5-8-16)18-3-1-2-10-27(18)22(29)15-6-9-17-19(11-15)28-13-25-12-20(28)21(24)26-17/h4-9,11-13,18H,1-3,10H2,(H2,24,26)/t18-/m1/s1. The van der Waals surface area contributed by atoms with Crippen LogP contribution in [-0.4, -0.2) is 31.7 Å². The van der Waals surface area contributed by atoms with Crippen LogP contribution in [0.25, 0.3) is 16.6 Å². The molecule has 1 saturated heterocycles. The van der Waals surface area contributed by atoms with E-state index in [1.807, 2.05) is 21.4 Å². The first-order valence-electron chi connectivity index (χ1n) is 9.69. The molecule has 0 unspecified atom stereocenters. The predicted molar refractivity (Wildman–Crippen MR) is 109 cm³/mol. The maximum absolute atomic E-state index is 13.4. The minimum Gasteiger partial charge on any atom is -0.382 e. The summed E-state index contributed by atoms with van der Waals surface area (Å²) in [7, 11) is 0. The Morgan fingerprint density at radius 1 is 1.10 bits per heavy atom. The van der Waals surface area contributed by atoms with E-state index in [1.165, 1.54) is 12.1 Å². The third kappa shape index (κ3) is 2.99. The number of halogens is 1. The number of anilines is 1. The maximum Gasteiger partial charge on any atom is 0.254 e. The van der Waals surface area contributed by atoms with Crippen molar-refractivity contribution in [2.24, 2.45) is 0 Å². The lowest BCUT2D eigenvalue weighted by Crippen LogP contribution is -2.38. The second kappa shape index (κ2) is 6.84. The van der Waals surface area contributed by atoms with Gasteiger partial charge in [0.25, 0.3) is 5.91 Å². The van der Waals surface area contributed by atoms with Gasteiger partial charge in [-0.2, -0.15) is 0 Å². The fourth-order valence-electron chi connectivity index (χ4n) is 4.18. The monoisotopic (exact) mass is 389 g/mol. The largest absolute Gasteiger partial charge is 0.382 e. The Bertz CT molecular complexity index is 1220. The number of amides is 1. The Kier molecular flexibility index (Phi) is 4.16. The lowest BCUT2D eigenvalue weighted by Gasteiger charge is -2.36. The molecule has 0 saturated carbocycles. The molecule has 6 nitrogen and oxygen atoms in total. The van der Waals surface area contributed by atoms with Gasteiger partial charge in [0.15, 0.2) is 0 Å². The number of rotatable bonds is 2. The van der Waals surface area contributed by atoms with Crippen LogP contribution < -0.4 is 5.73 Å². The highest BCUT2D eigenvalue weighted by molar-refractivity contribution is 5.98. The molecule has 4 aromatic rings. The number of carbonyl (C=O) groups is 1. The molecule has 3 heterocycles.